The van der Waals surface area contributed by atoms with Crippen LogP contribution in [0.4, 0.5) is 0 Å². The molecule has 1 aliphatic carbocycles. The monoisotopic (exact) mass is 286 g/mol. The average molecular weight is 286 g/mol. The fraction of sp³-hybridized carbons (Fsp3) is 0.444. The molecule has 0 bridgehead atoms. The molecular formula is C18H22O3. The Morgan fingerprint density at radius 2 is 1.95 bits per heavy atom. The Morgan fingerprint density at radius 1 is 1.24 bits per heavy atom. The van der Waals surface area contributed by atoms with Crippen LogP contribution in [0.5, 0.6) is 0 Å². The van der Waals surface area contributed by atoms with Gasteiger partial charge in [-0.1, -0.05) is 49.1 Å². The molecule has 1 heterocycles. The molecule has 2 aliphatic rings. The summed E-state index contributed by atoms with van der Waals surface area (Å²) in [5.41, 5.74) is 1.97. The van der Waals surface area contributed by atoms with Crippen molar-refractivity contribution in [2.45, 2.75) is 31.2 Å². The first kappa shape index (κ1) is 14.5. The predicted molar refractivity (Wildman–Crippen MR) is 82.6 cm³/mol. The summed E-state index contributed by atoms with van der Waals surface area (Å²) >= 11 is 0. The predicted octanol–water partition coefficient (Wildman–Crippen LogP) is 3.16. The molecular weight excluding hydrogens is 264 g/mol. The molecule has 1 N–H and O–H groups in total. The molecule has 3 heteroatoms. The van der Waals surface area contributed by atoms with E-state index in [-0.39, 0.29) is 5.92 Å². The highest BCUT2D eigenvalue weighted by molar-refractivity contribution is 5.49. The summed E-state index contributed by atoms with van der Waals surface area (Å²) in [6.07, 6.45) is 6.00. The Morgan fingerprint density at radius 3 is 2.67 bits per heavy atom. The minimum Gasteiger partial charge on any atom is -0.388 e. The molecule has 0 aromatic heterocycles. The summed E-state index contributed by atoms with van der Waals surface area (Å²) in [6.45, 7) is 5.39. The Balaban J connectivity index is 1.70. The highest BCUT2D eigenvalue weighted by Crippen LogP contribution is 2.43. The maximum absolute atomic E-state index is 10.5. The van der Waals surface area contributed by atoms with Gasteiger partial charge in [-0.25, -0.2) is 0 Å². The van der Waals surface area contributed by atoms with E-state index in [9.17, 15) is 5.11 Å². The number of hydrogen-bond acceptors (Lipinski definition) is 3. The minimum absolute atomic E-state index is 0.00295. The minimum atomic E-state index is -0.648. The smallest absolute Gasteiger partial charge is 0.191 e. The number of aliphatic hydroxyl groups is 1. The molecule has 1 saturated carbocycles. The normalized spacial score (nSPS) is 26.5. The van der Waals surface area contributed by atoms with Crippen molar-refractivity contribution in [2.24, 2.45) is 5.92 Å². The van der Waals surface area contributed by atoms with Crippen LogP contribution in [0, 0.1) is 5.92 Å². The Hall–Kier alpha value is -1.42. The van der Waals surface area contributed by atoms with Gasteiger partial charge in [0.2, 0.25) is 0 Å². The third-order valence-corrected chi connectivity index (χ3v) is 4.41. The zero-order valence-electron chi connectivity index (χ0n) is 12.2. The van der Waals surface area contributed by atoms with E-state index in [1.807, 2.05) is 42.5 Å². The van der Waals surface area contributed by atoms with Crippen molar-refractivity contribution >= 4 is 6.08 Å². The van der Waals surface area contributed by atoms with E-state index in [1.165, 1.54) is 0 Å². The standard InChI is InChI=1S/C18H22O3/c1-14-16(8-5-11-18(14)20-12-13-21-18)17(19)10-9-15-6-3-2-4-7-15/h2-4,6-7,9-10,16-17,19H,1,5,8,11-13H2/b10-9+/t16-,17+/m1/s1. The summed E-state index contributed by atoms with van der Waals surface area (Å²) in [5, 5.41) is 10.5. The molecule has 1 aromatic rings. The Kier molecular flexibility index (Phi) is 4.24. The largest absolute Gasteiger partial charge is 0.388 e. The summed E-state index contributed by atoms with van der Waals surface area (Å²) in [5.74, 6) is -0.651. The maximum atomic E-state index is 10.5. The zero-order valence-corrected chi connectivity index (χ0v) is 12.2. The molecule has 21 heavy (non-hydrogen) atoms. The van der Waals surface area contributed by atoms with Crippen molar-refractivity contribution in [1.82, 2.24) is 0 Å². The van der Waals surface area contributed by atoms with Crippen molar-refractivity contribution in [1.29, 1.82) is 0 Å². The van der Waals surface area contributed by atoms with Gasteiger partial charge in [0, 0.05) is 12.3 Å². The van der Waals surface area contributed by atoms with E-state index in [0.717, 1.165) is 30.4 Å². The van der Waals surface area contributed by atoms with Crippen LogP contribution >= 0.6 is 0 Å². The number of rotatable bonds is 3. The molecule has 1 aliphatic heterocycles. The molecule has 2 atom stereocenters. The van der Waals surface area contributed by atoms with Crippen LogP contribution in [0.3, 0.4) is 0 Å². The lowest BCUT2D eigenvalue weighted by Crippen LogP contribution is -2.42. The summed E-state index contributed by atoms with van der Waals surface area (Å²) in [6, 6.07) is 9.99. The third-order valence-electron chi connectivity index (χ3n) is 4.41. The van der Waals surface area contributed by atoms with Gasteiger partial charge in [-0.15, -0.1) is 0 Å². The van der Waals surface area contributed by atoms with Gasteiger partial charge in [0.05, 0.1) is 19.3 Å². The fourth-order valence-electron chi connectivity index (χ4n) is 3.24. The molecule has 0 unspecified atom stereocenters. The van der Waals surface area contributed by atoms with Gasteiger partial charge in [0.15, 0.2) is 5.79 Å². The van der Waals surface area contributed by atoms with E-state index < -0.39 is 11.9 Å². The molecule has 0 radical (unpaired) electrons. The van der Waals surface area contributed by atoms with Gasteiger partial charge < -0.3 is 14.6 Å². The van der Waals surface area contributed by atoms with Crippen LogP contribution in [0.2, 0.25) is 0 Å². The van der Waals surface area contributed by atoms with Gasteiger partial charge in [-0.2, -0.15) is 0 Å². The van der Waals surface area contributed by atoms with Crippen LogP contribution in [-0.2, 0) is 9.47 Å². The molecule has 112 valence electrons. The SMILES string of the molecule is C=C1[C@H]([C@@H](O)/C=C/c2ccccc2)CCCC12OCCO2. The van der Waals surface area contributed by atoms with Crippen LogP contribution in [0.25, 0.3) is 6.08 Å². The van der Waals surface area contributed by atoms with Crippen LogP contribution in [0.15, 0.2) is 48.6 Å². The van der Waals surface area contributed by atoms with Crippen LogP contribution in [0.1, 0.15) is 24.8 Å². The van der Waals surface area contributed by atoms with E-state index in [0.29, 0.717) is 13.2 Å². The quantitative estimate of drug-likeness (QED) is 0.867. The second kappa shape index (κ2) is 6.14. The van der Waals surface area contributed by atoms with E-state index in [4.69, 9.17) is 9.47 Å². The molecule has 1 aromatic carbocycles. The van der Waals surface area contributed by atoms with Gasteiger partial charge in [-0.3, -0.25) is 0 Å². The lowest BCUT2D eigenvalue weighted by molar-refractivity contribution is -0.150. The lowest BCUT2D eigenvalue weighted by Gasteiger charge is -2.39. The summed E-state index contributed by atoms with van der Waals surface area (Å²) in [7, 11) is 0. The summed E-state index contributed by atoms with van der Waals surface area (Å²) in [4.78, 5) is 0. The molecule has 3 rings (SSSR count). The van der Waals surface area contributed by atoms with Gasteiger partial charge in [0.1, 0.15) is 0 Å². The first-order valence-electron chi connectivity index (χ1n) is 7.60. The molecule has 1 spiro atoms. The second-order valence-corrected chi connectivity index (χ2v) is 5.73. The van der Waals surface area contributed by atoms with Crippen LogP contribution < -0.4 is 0 Å². The first-order valence-corrected chi connectivity index (χ1v) is 7.60. The maximum Gasteiger partial charge on any atom is 0.191 e. The van der Waals surface area contributed by atoms with E-state index >= 15 is 0 Å². The number of ether oxygens (including phenoxy) is 2. The molecule has 1 saturated heterocycles. The Bertz CT molecular complexity index is 515. The summed E-state index contributed by atoms with van der Waals surface area (Å²) < 4.78 is 11.6. The van der Waals surface area contributed by atoms with Crippen molar-refractivity contribution in [2.75, 3.05) is 13.2 Å². The van der Waals surface area contributed by atoms with E-state index in [1.54, 1.807) is 0 Å². The third kappa shape index (κ3) is 2.95. The Labute approximate surface area is 125 Å². The first-order chi connectivity index (χ1) is 10.2. The fourth-order valence-corrected chi connectivity index (χ4v) is 3.24. The highest BCUT2D eigenvalue weighted by Gasteiger charge is 2.46. The lowest BCUT2D eigenvalue weighted by atomic mass is 9.77. The number of benzene rings is 1. The van der Waals surface area contributed by atoms with Gasteiger partial charge in [-0.05, 0) is 24.0 Å². The zero-order chi connectivity index (χ0) is 14.7. The van der Waals surface area contributed by atoms with Gasteiger partial charge in [0.25, 0.3) is 0 Å². The molecule has 0 amide bonds. The van der Waals surface area contributed by atoms with Crippen LogP contribution in [-0.4, -0.2) is 30.2 Å². The van der Waals surface area contributed by atoms with Crippen molar-refractivity contribution in [3.63, 3.8) is 0 Å². The van der Waals surface area contributed by atoms with Crippen molar-refractivity contribution in [3.05, 3.63) is 54.1 Å². The van der Waals surface area contributed by atoms with E-state index in [2.05, 4.69) is 6.58 Å². The molecule has 3 nitrogen and oxygen atoms in total. The highest BCUT2D eigenvalue weighted by atomic mass is 16.7. The second-order valence-electron chi connectivity index (χ2n) is 5.73. The van der Waals surface area contributed by atoms with Crippen molar-refractivity contribution < 1.29 is 14.6 Å². The average Bonchev–Trinajstić information content (AvgIpc) is 2.98. The molecule has 2 fully saturated rings. The number of aliphatic hydroxyl groups excluding tert-OH is 1. The van der Waals surface area contributed by atoms with Crippen molar-refractivity contribution in [3.8, 4) is 0 Å². The van der Waals surface area contributed by atoms with Gasteiger partial charge >= 0.3 is 0 Å². The number of hydrogen-bond donors (Lipinski definition) is 1. The topological polar surface area (TPSA) is 38.7 Å².